The molecule has 0 radical (unpaired) electrons. The number of hydrogen-bond acceptors (Lipinski definition) is 2. The first-order valence-electron chi connectivity index (χ1n) is 9.26. The Kier molecular flexibility index (Phi) is 4.55. The zero-order chi connectivity index (χ0) is 17.4. The number of nitrogens with zero attached hydrogens (tertiary/aromatic N) is 1. The van der Waals surface area contributed by atoms with Gasteiger partial charge in [-0.25, -0.2) is 0 Å². The minimum absolute atomic E-state index is 0.378. The van der Waals surface area contributed by atoms with Gasteiger partial charge in [-0.05, 0) is 61.3 Å². The van der Waals surface area contributed by atoms with Crippen molar-refractivity contribution in [2.24, 2.45) is 16.8 Å². The zero-order valence-corrected chi connectivity index (χ0v) is 16.1. The summed E-state index contributed by atoms with van der Waals surface area (Å²) in [5, 5.41) is 7.09. The summed E-state index contributed by atoms with van der Waals surface area (Å²) in [6.07, 6.45) is 2.30. The first-order chi connectivity index (χ1) is 12.2. The largest absolute Gasteiger partial charge is 0.356 e. The molecule has 4 heteroatoms. The van der Waals surface area contributed by atoms with E-state index in [-0.39, 0.29) is 0 Å². The van der Waals surface area contributed by atoms with Crippen molar-refractivity contribution < 1.29 is 0 Å². The van der Waals surface area contributed by atoms with Gasteiger partial charge in [-0.15, -0.1) is 11.3 Å². The molecule has 1 fully saturated rings. The molecule has 2 aromatic rings. The first-order valence-corrected chi connectivity index (χ1v) is 10.1. The molecule has 1 aromatic carbocycles. The lowest BCUT2D eigenvalue weighted by Crippen LogP contribution is -2.43. The van der Waals surface area contributed by atoms with E-state index in [1.165, 1.54) is 16.2 Å². The summed E-state index contributed by atoms with van der Waals surface area (Å²) in [5.74, 6) is 3.31. The molecule has 0 amide bonds. The van der Waals surface area contributed by atoms with E-state index in [1.54, 1.807) is 11.1 Å². The van der Waals surface area contributed by atoms with Gasteiger partial charge in [0, 0.05) is 35.8 Å². The molecule has 4 rings (SSSR count). The molecule has 4 atom stereocenters. The van der Waals surface area contributed by atoms with Crippen LogP contribution in [-0.4, -0.2) is 25.6 Å². The molecule has 1 heterocycles. The average Bonchev–Trinajstić information content (AvgIpc) is 2.91. The molecule has 132 valence electrons. The van der Waals surface area contributed by atoms with Gasteiger partial charge in [-0.3, -0.25) is 4.99 Å². The molecule has 1 saturated carbocycles. The highest BCUT2D eigenvalue weighted by Gasteiger charge is 2.54. The van der Waals surface area contributed by atoms with Gasteiger partial charge in [0.2, 0.25) is 0 Å². The maximum absolute atomic E-state index is 4.41. The van der Waals surface area contributed by atoms with Gasteiger partial charge in [0.15, 0.2) is 5.96 Å². The molecule has 3 nitrogen and oxygen atoms in total. The van der Waals surface area contributed by atoms with Crippen LogP contribution in [0.25, 0.3) is 0 Å². The lowest BCUT2D eigenvalue weighted by atomic mass is 10.0. The van der Waals surface area contributed by atoms with Crippen molar-refractivity contribution >= 4 is 17.3 Å². The molecule has 4 unspecified atom stereocenters. The van der Waals surface area contributed by atoms with Gasteiger partial charge in [-0.1, -0.05) is 24.3 Å². The molecule has 0 saturated heterocycles. The Labute approximate surface area is 154 Å². The Morgan fingerprint density at radius 1 is 1.28 bits per heavy atom. The summed E-state index contributed by atoms with van der Waals surface area (Å²) in [6.45, 7) is 5.41. The fourth-order valence-corrected chi connectivity index (χ4v) is 5.37. The van der Waals surface area contributed by atoms with Crippen LogP contribution in [0, 0.1) is 18.8 Å². The molecule has 2 N–H and O–H groups in total. The van der Waals surface area contributed by atoms with Crippen LogP contribution in [0.1, 0.15) is 33.7 Å². The molecule has 25 heavy (non-hydrogen) atoms. The fraction of sp³-hybridized carbons (Fsp3) is 0.476. The Morgan fingerprint density at radius 3 is 2.88 bits per heavy atom. The number of guanidine groups is 1. The van der Waals surface area contributed by atoms with Crippen LogP contribution in [-0.2, 0) is 12.8 Å². The number of aliphatic imine (C=N–C) groups is 1. The Hall–Kier alpha value is -1.81. The zero-order valence-electron chi connectivity index (χ0n) is 15.3. The molecular formula is C21H27N3S. The lowest BCUT2D eigenvalue weighted by Gasteiger charge is -2.18. The van der Waals surface area contributed by atoms with E-state index in [1.807, 2.05) is 18.4 Å². The third kappa shape index (κ3) is 3.45. The third-order valence-electron chi connectivity index (χ3n) is 5.62. The number of aryl methyl sites for hydroxylation is 1. The van der Waals surface area contributed by atoms with Crippen molar-refractivity contribution in [1.29, 1.82) is 0 Å². The van der Waals surface area contributed by atoms with E-state index in [4.69, 9.17) is 0 Å². The lowest BCUT2D eigenvalue weighted by molar-refractivity contribution is 0.618. The molecule has 2 aliphatic rings. The minimum Gasteiger partial charge on any atom is -0.356 e. The summed E-state index contributed by atoms with van der Waals surface area (Å²) in [4.78, 5) is 7.22. The SMILES string of the molecule is CN=C(NCC1C2Cc3ccccc3C12)NC(C)Cc1ccc(C)s1. The van der Waals surface area contributed by atoms with Crippen molar-refractivity contribution in [3.8, 4) is 0 Å². The maximum Gasteiger partial charge on any atom is 0.191 e. The van der Waals surface area contributed by atoms with E-state index in [2.05, 4.69) is 65.9 Å². The molecular weight excluding hydrogens is 326 g/mol. The van der Waals surface area contributed by atoms with E-state index in [0.29, 0.717) is 6.04 Å². The first kappa shape index (κ1) is 16.6. The van der Waals surface area contributed by atoms with Gasteiger partial charge >= 0.3 is 0 Å². The number of rotatable bonds is 5. The van der Waals surface area contributed by atoms with E-state index in [9.17, 15) is 0 Å². The van der Waals surface area contributed by atoms with Crippen molar-refractivity contribution in [2.45, 2.75) is 38.6 Å². The van der Waals surface area contributed by atoms with Gasteiger partial charge in [0.1, 0.15) is 0 Å². The average molecular weight is 354 g/mol. The fourth-order valence-electron chi connectivity index (χ4n) is 4.35. The van der Waals surface area contributed by atoms with Crippen LogP contribution in [0.15, 0.2) is 41.4 Å². The van der Waals surface area contributed by atoms with Gasteiger partial charge in [-0.2, -0.15) is 0 Å². The summed E-state index contributed by atoms with van der Waals surface area (Å²) in [5.41, 5.74) is 3.15. The van der Waals surface area contributed by atoms with E-state index < -0.39 is 0 Å². The predicted molar refractivity (Wildman–Crippen MR) is 107 cm³/mol. The predicted octanol–water partition coefficient (Wildman–Crippen LogP) is 3.74. The van der Waals surface area contributed by atoms with Crippen molar-refractivity contribution in [3.05, 3.63) is 57.3 Å². The van der Waals surface area contributed by atoms with Crippen molar-refractivity contribution in [3.63, 3.8) is 0 Å². The molecule has 0 bridgehead atoms. The normalized spacial score (nSPS) is 25.2. The number of hydrogen-bond donors (Lipinski definition) is 2. The second-order valence-electron chi connectivity index (χ2n) is 7.47. The maximum atomic E-state index is 4.41. The molecule has 2 aliphatic carbocycles. The quantitative estimate of drug-likeness (QED) is 0.635. The Balaban J connectivity index is 1.27. The van der Waals surface area contributed by atoms with Crippen LogP contribution < -0.4 is 10.6 Å². The summed E-state index contributed by atoms with van der Waals surface area (Å²) < 4.78 is 0. The number of nitrogens with one attached hydrogen (secondary N) is 2. The summed E-state index contributed by atoms with van der Waals surface area (Å²) in [6, 6.07) is 13.8. The monoisotopic (exact) mass is 353 g/mol. The highest BCUT2D eigenvalue weighted by Crippen LogP contribution is 2.60. The van der Waals surface area contributed by atoms with Crippen molar-refractivity contribution in [2.75, 3.05) is 13.6 Å². The molecule has 1 aromatic heterocycles. The van der Waals surface area contributed by atoms with Gasteiger partial charge < -0.3 is 10.6 Å². The van der Waals surface area contributed by atoms with E-state index >= 15 is 0 Å². The van der Waals surface area contributed by atoms with Crippen LogP contribution in [0.3, 0.4) is 0 Å². The van der Waals surface area contributed by atoms with Gasteiger partial charge in [0.25, 0.3) is 0 Å². The minimum atomic E-state index is 0.378. The second kappa shape index (κ2) is 6.83. The van der Waals surface area contributed by atoms with Crippen LogP contribution in [0.2, 0.25) is 0 Å². The summed E-state index contributed by atoms with van der Waals surface area (Å²) in [7, 11) is 1.86. The third-order valence-corrected chi connectivity index (χ3v) is 6.64. The number of fused-ring (bicyclic) bond motifs is 3. The van der Waals surface area contributed by atoms with Crippen LogP contribution in [0.4, 0.5) is 0 Å². The number of thiophene rings is 1. The molecule has 0 aliphatic heterocycles. The topological polar surface area (TPSA) is 36.4 Å². The molecule has 0 spiro atoms. The van der Waals surface area contributed by atoms with E-state index in [0.717, 1.165) is 36.7 Å². The number of benzene rings is 1. The van der Waals surface area contributed by atoms with Crippen LogP contribution >= 0.6 is 11.3 Å². The smallest absolute Gasteiger partial charge is 0.191 e. The standard InChI is InChI=1S/C21H27N3S/c1-13(10-16-9-8-14(2)25-16)24-21(22-3)23-12-19-18-11-15-6-4-5-7-17(15)20(18)19/h4-9,13,18-20H,10-12H2,1-3H3,(H2,22,23,24). The van der Waals surface area contributed by atoms with Crippen molar-refractivity contribution in [1.82, 2.24) is 10.6 Å². The van der Waals surface area contributed by atoms with Crippen LogP contribution in [0.5, 0.6) is 0 Å². The van der Waals surface area contributed by atoms with Gasteiger partial charge in [0.05, 0.1) is 0 Å². The highest BCUT2D eigenvalue weighted by atomic mass is 32.1. The Morgan fingerprint density at radius 2 is 2.12 bits per heavy atom. The Bertz CT molecular complexity index is 779. The summed E-state index contributed by atoms with van der Waals surface area (Å²) >= 11 is 1.88. The second-order valence-corrected chi connectivity index (χ2v) is 8.84. The highest BCUT2D eigenvalue weighted by molar-refractivity contribution is 7.11.